The van der Waals surface area contributed by atoms with Crippen LogP contribution in [0.3, 0.4) is 0 Å². The molecule has 3 rings (SSSR count). The van der Waals surface area contributed by atoms with Crippen molar-refractivity contribution in [2.24, 2.45) is 0 Å². The molecule has 0 aliphatic carbocycles. The molecule has 0 spiro atoms. The van der Waals surface area contributed by atoms with Crippen LogP contribution in [0, 0.1) is 6.92 Å². The Morgan fingerprint density at radius 3 is 2.41 bits per heavy atom. The van der Waals surface area contributed by atoms with Gasteiger partial charge in [0.2, 0.25) is 0 Å². The van der Waals surface area contributed by atoms with Gasteiger partial charge in [0, 0.05) is 18.7 Å². The van der Waals surface area contributed by atoms with Crippen LogP contribution in [0.5, 0.6) is 11.5 Å². The van der Waals surface area contributed by atoms with E-state index in [-0.39, 0.29) is 11.3 Å². The summed E-state index contributed by atoms with van der Waals surface area (Å²) in [6.07, 6.45) is 2.01. The Morgan fingerprint density at radius 1 is 1.12 bits per heavy atom. The van der Waals surface area contributed by atoms with E-state index in [0.717, 1.165) is 29.7 Å². The Kier molecular flexibility index (Phi) is 8.34. The van der Waals surface area contributed by atoms with Crippen LogP contribution < -0.4 is 9.47 Å². The largest absolute Gasteiger partial charge is 0.507 e. The van der Waals surface area contributed by atoms with E-state index in [4.69, 9.17) is 9.47 Å². The van der Waals surface area contributed by atoms with Crippen LogP contribution in [0.15, 0.2) is 48.0 Å². The zero-order chi connectivity index (χ0) is 24.8. The average molecular weight is 467 g/mol. The third kappa shape index (κ3) is 5.42. The van der Waals surface area contributed by atoms with E-state index >= 15 is 0 Å². The number of likely N-dealkylation sites (N-methyl/N-ethyl adjacent to an activating group) is 1. The summed E-state index contributed by atoms with van der Waals surface area (Å²) in [6.45, 7) is 5.54. The minimum Gasteiger partial charge on any atom is -0.507 e. The van der Waals surface area contributed by atoms with Gasteiger partial charge in [0.15, 0.2) is 0 Å². The molecular weight excluding hydrogens is 432 g/mol. The molecule has 0 aromatic heterocycles. The van der Waals surface area contributed by atoms with Crippen molar-refractivity contribution in [3.05, 3.63) is 64.7 Å². The zero-order valence-electron chi connectivity index (χ0n) is 20.6. The fourth-order valence-electron chi connectivity index (χ4n) is 4.03. The fourth-order valence-corrected chi connectivity index (χ4v) is 4.03. The lowest BCUT2D eigenvalue weighted by Crippen LogP contribution is -2.35. The van der Waals surface area contributed by atoms with Crippen molar-refractivity contribution >= 4 is 17.4 Å². The van der Waals surface area contributed by atoms with Gasteiger partial charge in [-0.3, -0.25) is 9.59 Å². The number of ketones is 1. The molecule has 1 unspecified atom stereocenters. The molecule has 0 saturated carbocycles. The summed E-state index contributed by atoms with van der Waals surface area (Å²) >= 11 is 0. The molecule has 7 heteroatoms. The predicted molar refractivity (Wildman–Crippen MR) is 132 cm³/mol. The minimum atomic E-state index is -0.688. The quantitative estimate of drug-likeness (QED) is 0.245. The highest BCUT2D eigenvalue weighted by Crippen LogP contribution is 2.40. The van der Waals surface area contributed by atoms with Crippen LogP contribution in [-0.2, 0) is 9.59 Å². The molecule has 1 fully saturated rings. The molecule has 34 heavy (non-hydrogen) atoms. The molecular formula is C27H34N2O5. The Balaban J connectivity index is 2.05. The Bertz CT molecular complexity index is 1060. The van der Waals surface area contributed by atoms with Gasteiger partial charge in [-0.2, -0.15) is 0 Å². The minimum absolute atomic E-state index is 0.0907. The topological polar surface area (TPSA) is 79.3 Å². The first kappa shape index (κ1) is 25.3. The van der Waals surface area contributed by atoms with Crippen LogP contribution in [-0.4, -0.2) is 67.5 Å². The van der Waals surface area contributed by atoms with E-state index in [0.29, 0.717) is 31.0 Å². The van der Waals surface area contributed by atoms with Gasteiger partial charge < -0.3 is 24.4 Å². The molecule has 1 aliphatic heterocycles. The van der Waals surface area contributed by atoms with Gasteiger partial charge in [-0.05, 0) is 68.9 Å². The van der Waals surface area contributed by atoms with Gasteiger partial charge in [-0.25, -0.2) is 0 Å². The van der Waals surface area contributed by atoms with E-state index in [9.17, 15) is 14.7 Å². The summed E-state index contributed by atoms with van der Waals surface area (Å²) in [5.74, 6) is -0.0731. The third-order valence-corrected chi connectivity index (χ3v) is 5.96. The number of carbonyl (C=O) groups is 2. The molecule has 1 heterocycles. The smallest absolute Gasteiger partial charge is 0.295 e. The van der Waals surface area contributed by atoms with Crippen molar-refractivity contribution in [1.29, 1.82) is 0 Å². The Hall–Kier alpha value is -3.32. The summed E-state index contributed by atoms with van der Waals surface area (Å²) in [4.78, 5) is 29.7. The van der Waals surface area contributed by atoms with Crippen LogP contribution in [0.1, 0.15) is 42.5 Å². The number of carbonyl (C=O) groups excluding carboxylic acids is 2. The van der Waals surface area contributed by atoms with Gasteiger partial charge >= 0.3 is 0 Å². The number of methoxy groups -OCH3 is 1. The molecule has 1 atom stereocenters. The number of aliphatic hydroxyl groups is 1. The molecule has 1 N–H and O–H groups in total. The second-order valence-electron chi connectivity index (χ2n) is 8.75. The summed E-state index contributed by atoms with van der Waals surface area (Å²) in [6, 6.07) is 11.9. The van der Waals surface area contributed by atoms with Crippen molar-refractivity contribution < 1.29 is 24.2 Å². The maximum absolute atomic E-state index is 13.1. The van der Waals surface area contributed by atoms with Gasteiger partial charge in [0.1, 0.15) is 17.3 Å². The SMILES string of the molecule is CCCCOc1ccc(C2/C(=C(\O)c3ccc(OC)c(C)c3)C(=O)C(=O)N2CCN(C)C)cc1. The first-order chi connectivity index (χ1) is 16.3. The highest BCUT2D eigenvalue weighted by molar-refractivity contribution is 6.46. The predicted octanol–water partition coefficient (Wildman–Crippen LogP) is 4.17. The van der Waals surface area contributed by atoms with Crippen molar-refractivity contribution in [1.82, 2.24) is 9.80 Å². The van der Waals surface area contributed by atoms with Crippen molar-refractivity contribution in [3.63, 3.8) is 0 Å². The molecule has 1 aliphatic rings. The molecule has 0 bridgehead atoms. The lowest BCUT2D eigenvalue weighted by molar-refractivity contribution is -0.140. The fraction of sp³-hybridized carbons (Fsp3) is 0.407. The monoisotopic (exact) mass is 466 g/mol. The molecule has 7 nitrogen and oxygen atoms in total. The number of aryl methyl sites for hydroxylation is 1. The molecule has 1 amide bonds. The molecule has 182 valence electrons. The van der Waals surface area contributed by atoms with E-state index < -0.39 is 17.7 Å². The summed E-state index contributed by atoms with van der Waals surface area (Å²) < 4.78 is 11.1. The maximum atomic E-state index is 13.1. The standard InChI is InChI=1S/C27H34N2O5/c1-6-7-16-34-21-11-8-19(9-12-21)24-23(26(31)27(32)29(24)15-14-28(3)4)25(30)20-10-13-22(33-5)18(2)17-20/h8-13,17,24,30H,6-7,14-16H2,1-5H3/b25-23+. The highest BCUT2D eigenvalue weighted by Gasteiger charge is 2.45. The number of amides is 1. The summed E-state index contributed by atoms with van der Waals surface area (Å²) in [5, 5.41) is 11.2. The number of ether oxygens (including phenoxy) is 2. The first-order valence-corrected chi connectivity index (χ1v) is 11.6. The summed E-state index contributed by atoms with van der Waals surface area (Å²) in [7, 11) is 5.40. The number of unbranched alkanes of at least 4 members (excludes halogenated alkanes) is 1. The Morgan fingerprint density at radius 2 is 1.82 bits per heavy atom. The van der Waals surface area contributed by atoms with Crippen molar-refractivity contribution in [3.8, 4) is 11.5 Å². The third-order valence-electron chi connectivity index (χ3n) is 5.96. The maximum Gasteiger partial charge on any atom is 0.295 e. The molecule has 0 radical (unpaired) electrons. The lowest BCUT2D eigenvalue weighted by atomic mass is 9.94. The second-order valence-corrected chi connectivity index (χ2v) is 8.75. The van der Waals surface area contributed by atoms with Crippen LogP contribution in [0.25, 0.3) is 5.76 Å². The molecule has 1 saturated heterocycles. The van der Waals surface area contributed by atoms with Gasteiger partial charge in [0.05, 0.1) is 25.3 Å². The summed E-state index contributed by atoms with van der Waals surface area (Å²) in [5.41, 5.74) is 2.12. The number of hydrogen-bond donors (Lipinski definition) is 1. The average Bonchev–Trinajstić information content (AvgIpc) is 3.07. The number of benzene rings is 2. The normalized spacial score (nSPS) is 17.5. The second kappa shape index (κ2) is 11.2. The first-order valence-electron chi connectivity index (χ1n) is 11.6. The van der Waals surface area contributed by atoms with Gasteiger partial charge in [-0.15, -0.1) is 0 Å². The van der Waals surface area contributed by atoms with Crippen molar-refractivity contribution in [2.45, 2.75) is 32.7 Å². The van der Waals surface area contributed by atoms with E-state index in [1.165, 1.54) is 4.90 Å². The van der Waals surface area contributed by atoms with E-state index in [1.54, 1.807) is 25.3 Å². The number of nitrogens with zero attached hydrogens (tertiary/aromatic N) is 2. The van der Waals surface area contributed by atoms with E-state index in [1.807, 2.05) is 50.2 Å². The number of likely N-dealkylation sites (tertiary alicyclic amines) is 1. The van der Waals surface area contributed by atoms with Gasteiger partial charge in [-0.1, -0.05) is 25.5 Å². The molecule has 2 aromatic carbocycles. The Labute approximate surface area is 201 Å². The number of aliphatic hydroxyl groups excluding tert-OH is 1. The van der Waals surface area contributed by atoms with Crippen LogP contribution in [0.2, 0.25) is 0 Å². The highest BCUT2D eigenvalue weighted by atomic mass is 16.5. The number of hydrogen-bond acceptors (Lipinski definition) is 6. The zero-order valence-corrected chi connectivity index (χ0v) is 20.6. The number of Topliss-reactive ketones (excluding diaryl/α,β-unsaturated/α-hetero) is 1. The van der Waals surface area contributed by atoms with Crippen molar-refractivity contribution in [2.75, 3.05) is 40.9 Å². The van der Waals surface area contributed by atoms with Crippen LogP contribution in [0.4, 0.5) is 0 Å². The van der Waals surface area contributed by atoms with E-state index in [2.05, 4.69) is 6.92 Å². The van der Waals surface area contributed by atoms with Crippen LogP contribution >= 0.6 is 0 Å². The lowest BCUT2D eigenvalue weighted by Gasteiger charge is -2.26. The van der Waals surface area contributed by atoms with Gasteiger partial charge in [0.25, 0.3) is 11.7 Å². The number of rotatable bonds is 10. The molecule has 2 aromatic rings.